The van der Waals surface area contributed by atoms with Crippen molar-refractivity contribution in [3.8, 4) is 0 Å². The van der Waals surface area contributed by atoms with E-state index in [0.717, 1.165) is 11.1 Å². The Hall–Kier alpha value is -2.37. The van der Waals surface area contributed by atoms with Crippen molar-refractivity contribution in [3.05, 3.63) is 70.7 Å². The average molecular weight is 333 g/mol. The Kier molecular flexibility index (Phi) is 5.73. The van der Waals surface area contributed by atoms with Gasteiger partial charge in [0, 0.05) is 16.1 Å². The van der Waals surface area contributed by atoms with E-state index in [2.05, 4.69) is 5.32 Å². The van der Waals surface area contributed by atoms with Crippen molar-refractivity contribution in [1.29, 1.82) is 0 Å². The number of carbonyl (C=O) groups is 2. The maximum Gasteiger partial charge on any atom is 0.319 e. The lowest BCUT2D eigenvalue weighted by molar-refractivity contribution is -0.719. The van der Waals surface area contributed by atoms with Gasteiger partial charge in [-0.1, -0.05) is 54.1 Å². The first kappa shape index (κ1) is 17.0. The molecule has 0 saturated carbocycles. The van der Waals surface area contributed by atoms with Gasteiger partial charge in [-0.15, -0.1) is 0 Å². The summed E-state index contributed by atoms with van der Waals surface area (Å²) in [4.78, 5) is 23.3. The van der Waals surface area contributed by atoms with Crippen molar-refractivity contribution in [2.75, 3.05) is 0 Å². The van der Waals surface area contributed by atoms with E-state index in [-0.39, 0.29) is 6.04 Å². The van der Waals surface area contributed by atoms with Gasteiger partial charge in [0.25, 0.3) is 5.91 Å². The van der Waals surface area contributed by atoms with Crippen LogP contribution < -0.4 is 16.4 Å². The minimum atomic E-state index is -0.861. The van der Waals surface area contributed by atoms with Gasteiger partial charge < -0.3 is 11.1 Å². The molecule has 2 rings (SSSR count). The van der Waals surface area contributed by atoms with Crippen molar-refractivity contribution in [2.45, 2.75) is 19.0 Å². The fourth-order valence-electron chi connectivity index (χ4n) is 2.40. The SMILES string of the molecule is C[C@H]([NH2+][C@@H](C(=O)NC(N)=O)c1ccccc1)c1cccc(Cl)c1. The van der Waals surface area contributed by atoms with Gasteiger partial charge in [0.15, 0.2) is 6.04 Å². The molecule has 0 aliphatic rings. The Morgan fingerprint density at radius 1 is 1.09 bits per heavy atom. The standard InChI is InChI=1S/C17H18ClN3O2/c1-11(13-8-5-9-14(18)10-13)20-15(16(22)21-17(19)23)12-6-3-2-4-7-12/h2-11,15,20H,1H3,(H3,19,21,22,23)/p+1/t11-,15+/m0/s1. The predicted octanol–water partition coefficient (Wildman–Crippen LogP) is 1.90. The second-order valence-electron chi connectivity index (χ2n) is 5.28. The highest BCUT2D eigenvalue weighted by Gasteiger charge is 2.27. The number of primary amides is 1. The summed E-state index contributed by atoms with van der Waals surface area (Å²) in [6, 6.07) is 15.2. The highest BCUT2D eigenvalue weighted by atomic mass is 35.5. The molecule has 0 fully saturated rings. The molecule has 5 nitrogen and oxygen atoms in total. The number of imide groups is 1. The minimum absolute atomic E-state index is 0.0301. The quantitative estimate of drug-likeness (QED) is 0.780. The zero-order valence-corrected chi connectivity index (χ0v) is 13.5. The first-order chi connectivity index (χ1) is 11.0. The van der Waals surface area contributed by atoms with Crippen molar-refractivity contribution < 1.29 is 14.9 Å². The number of nitrogens with one attached hydrogen (secondary N) is 1. The Morgan fingerprint density at radius 2 is 1.74 bits per heavy atom. The molecule has 6 heteroatoms. The zero-order valence-electron chi connectivity index (χ0n) is 12.7. The summed E-state index contributed by atoms with van der Waals surface area (Å²) >= 11 is 6.02. The van der Waals surface area contributed by atoms with E-state index >= 15 is 0 Å². The lowest BCUT2D eigenvalue weighted by atomic mass is 10.0. The normalized spacial score (nSPS) is 13.1. The lowest BCUT2D eigenvalue weighted by Gasteiger charge is -2.19. The first-order valence-electron chi connectivity index (χ1n) is 7.23. The Labute approximate surface area is 139 Å². The van der Waals surface area contributed by atoms with Gasteiger partial charge in [-0.3, -0.25) is 10.1 Å². The average Bonchev–Trinajstić information content (AvgIpc) is 2.52. The largest absolute Gasteiger partial charge is 0.351 e. The van der Waals surface area contributed by atoms with E-state index < -0.39 is 18.0 Å². The molecule has 0 unspecified atom stereocenters. The van der Waals surface area contributed by atoms with Crippen LogP contribution in [-0.4, -0.2) is 11.9 Å². The van der Waals surface area contributed by atoms with Gasteiger partial charge in [0.05, 0.1) is 0 Å². The highest BCUT2D eigenvalue weighted by Crippen LogP contribution is 2.17. The predicted molar refractivity (Wildman–Crippen MR) is 88.7 cm³/mol. The molecule has 0 radical (unpaired) electrons. The third kappa shape index (κ3) is 4.81. The molecule has 0 aromatic heterocycles. The van der Waals surface area contributed by atoms with Crippen molar-refractivity contribution in [2.24, 2.45) is 5.73 Å². The fourth-order valence-corrected chi connectivity index (χ4v) is 2.60. The number of rotatable bonds is 5. The van der Waals surface area contributed by atoms with Gasteiger partial charge in [-0.25, -0.2) is 4.79 Å². The number of hydrogen-bond donors (Lipinski definition) is 3. The van der Waals surface area contributed by atoms with Crippen LogP contribution in [0.25, 0.3) is 0 Å². The molecule has 23 heavy (non-hydrogen) atoms. The van der Waals surface area contributed by atoms with Gasteiger partial charge in [-0.2, -0.15) is 0 Å². The van der Waals surface area contributed by atoms with Crippen LogP contribution in [-0.2, 0) is 4.79 Å². The summed E-state index contributed by atoms with van der Waals surface area (Å²) < 4.78 is 0. The summed E-state index contributed by atoms with van der Waals surface area (Å²) in [5, 5.41) is 4.67. The number of benzene rings is 2. The van der Waals surface area contributed by atoms with E-state index in [4.69, 9.17) is 17.3 Å². The number of halogens is 1. The maximum absolute atomic E-state index is 12.3. The molecule has 0 saturated heterocycles. The van der Waals surface area contributed by atoms with Crippen LogP contribution in [0.1, 0.15) is 30.1 Å². The Bertz CT molecular complexity index is 691. The van der Waals surface area contributed by atoms with E-state index in [0.29, 0.717) is 5.02 Å². The highest BCUT2D eigenvalue weighted by molar-refractivity contribution is 6.30. The second kappa shape index (κ2) is 7.76. The summed E-state index contributed by atoms with van der Waals surface area (Å²) in [6.45, 7) is 1.97. The smallest absolute Gasteiger partial charge is 0.319 e. The molecule has 0 bridgehead atoms. The number of quaternary nitrogens is 1. The molecule has 0 spiro atoms. The van der Waals surface area contributed by atoms with Crippen LogP contribution in [0.5, 0.6) is 0 Å². The Morgan fingerprint density at radius 3 is 2.35 bits per heavy atom. The molecule has 2 aromatic rings. The van der Waals surface area contributed by atoms with Crippen LogP contribution in [0, 0.1) is 0 Å². The molecule has 0 aliphatic heterocycles. The number of urea groups is 1. The zero-order chi connectivity index (χ0) is 16.8. The van der Waals surface area contributed by atoms with Crippen molar-refractivity contribution in [1.82, 2.24) is 5.32 Å². The van der Waals surface area contributed by atoms with Crippen molar-refractivity contribution in [3.63, 3.8) is 0 Å². The van der Waals surface area contributed by atoms with Crippen LogP contribution in [0.3, 0.4) is 0 Å². The number of hydrogen-bond acceptors (Lipinski definition) is 2. The first-order valence-corrected chi connectivity index (χ1v) is 7.61. The third-order valence-corrected chi connectivity index (χ3v) is 3.78. The van der Waals surface area contributed by atoms with Crippen LogP contribution in [0.15, 0.2) is 54.6 Å². The molecule has 2 aromatic carbocycles. The van der Waals surface area contributed by atoms with E-state index in [1.165, 1.54) is 0 Å². The van der Waals surface area contributed by atoms with Crippen LogP contribution >= 0.6 is 11.6 Å². The number of amides is 3. The van der Waals surface area contributed by atoms with E-state index in [9.17, 15) is 9.59 Å². The van der Waals surface area contributed by atoms with E-state index in [1.54, 1.807) is 6.07 Å². The minimum Gasteiger partial charge on any atom is -0.351 e. The summed E-state index contributed by atoms with van der Waals surface area (Å²) in [5.74, 6) is -0.447. The molecule has 5 N–H and O–H groups in total. The third-order valence-electron chi connectivity index (χ3n) is 3.54. The van der Waals surface area contributed by atoms with Gasteiger partial charge in [0.2, 0.25) is 0 Å². The molecular weight excluding hydrogens is 314 g/mol. The summed E-state index contributed by atoms with van der Waals surface area (Å²) in [6.07, 6.45) is 0. The van der Waals surface area contributed by atoms with Gasteiger partial charge in [0.1, 0.15) is 6.04 Å². The lowest BCUT2D eigenvalue weighted by Crippen LogP contribution is -2.88. The molecule has 120 valence electrons. The summed E-state index contributed by atoms with van der Waals surface area (Å²) in [5.41, 5.74) is 6.85. The molecule has 2 atom stereocenters. The second-order valence-corrected chi connectivity index (χ2v) is 5.71. The Balaban J connectivity index is 2.23. The molecular formula is C17H19ClN3O2+. The number of nitrogens with two attached hydrogens (primary N) is 2. The topological polar surface area (TPSA) is 88.8 Å². The monoisotopic (exact) mass is 332 g/mol. The van der Waals surface area contributed by atoms with Crippen LogP contribution in [0.2, 0.25) is 5.02 Å². The fraction of sp³-hybridized carbons (Fsp3) is 0.176. The van der Waals surface area contributed by atoms with Crippen LogP contribution in [0.4, 0.5) is 4.79 Å². The molecule has 0 heterocycles. The summed E-state index contributed by atoms with van der Waals surface area (Å²) in [7, 11) is 0. The molecule has 0 aliphatic carbocycles. The van der Waals surface area contributed by atoms with E-state index in [1.807, 2.05) is 60.8 Å². The number of carbonyl (C=O) groups excluding carboxylic acids is 2. The van der Waals surface area contributed by atoms with Gasteiger partial charge >= 0.3 is 6.03 Å². The maximum atomic E-state index is 12.3. The van der Waals surface area contributed by atoms with Crippen molar-refractivity contribution >= 4 is 23.5 Å². The van der Waals surface area contributed by atoms with Gasteiger partial charge in [-0.05, 0) is 19.1 Å². The molecule has 3 amide bonds.